The molecule has 0 aromatic carbocycles. The minimum atomic E-state index is 0.130. The molecule has 0 aromatic rings. The van der Waals surface area contributed by atoms with Crippen LogP contribution in [0.3, 0.4) is 0 Å². The van der Waals surface area contributed by atoms with E-state index < -0.39 is 0 Å². The highest BCUT2D eigenvalue weighted by Gasteiger charge is 2.19. The number of rotatable bonds is 3. The van der Waals surface area contributed by atoms with E-state index in [4.69, 9.17) is 0 Å². The minimum absolute atomic E-state index is 0.130. The van der Waals surface area contributed by atoms with E-state index >= 15 is 0 Å². The van der Waals surface area contributed by atoms with Gasteiger partial charge >= 0.3 is 0 Å². The molecule has 2 nitrogen and oxygen atoms in total. The summed E-state index contributed by atoms with van der Waals surface area (Å²) in [6.45, 7) is 0. The number of carbonyl (C=O) groups excluding carboxylic acids is 2. The average Bonchev–Trinajstić information content (AvgIpc) is 2.07. The summed E-state index contributed by atoms with van der Waals surface area (Å²) < 4.78 is 0. The average molecular weight is 154 g/mol. The van der Waals surface area contributed by atoms with Crippen LogP contribution in [0.15, 0.2) is 0 Å². The monoisotopic (exact) mass is 154 g/mol. The molecule has 0 bridgehead atoms. The van der Waals surface area contributed by atoms with E-state index in [1.54, 1.807) is 0 Å². The van der Waals surface area contributed by atoms with Gasteiger partial charge in [-0.05, 0) is 12.8 Å². The molecule has 0 radical (unpaired) electrons. The van der Waals surface area contributed by atoms with Crippen molar-refractivity contribution in [3.63, 3.8) is 0 Å². The minimum Gasteiger partial charge on any atom is -0.303 e. The van der Waals surface area contributed by atoms with Crippen molar-refractivity contribution in [2.45, 2.75) is 38.5 Å². The molecule has 1 fully saturated rings. The third kappa shape index (κ3) is 2.45. The van der Waals surface area contributed by atoms with Gasteiger partial charge in [-0.1, -0.05) is 19.3 Å². The number of Topliss-reactive ketones (excluding diaryl/α,β-unsaturated/α-hetero) is 1. The van der Waals surface area contributed by atoms with Gasteiger partial charge in [0.1, 0.15) is 12.1 Å². The van der Waals surface area contributed by atoms with Gasteiger partial charge in [-0.3, -0.25) is 4.79 Å². The molecule has 0 aromatic heterocycles. The fourth-order valence-electron chi connectivity index (χ4n) is 1.67. The van der Waals surface area contributed by atoms with Crippen molar-refractivity contribution in [2.24, 2.45) is 5.92 Å². The molecule has 1 saturated carbocycles. The Morgan fingerprint density at radius 2 is 1.91 bits per heavy atom. The van der Waals surface area contributed by atoms with E-state index in [1.165, 1.54) is 6.42 Å². The molecule has 0 saturated heterocycles. The summed E-state index contributed by atoms with van der Waals surface area (Å²) in [7, 11) is 0. The highest BCUT2D eigenvalue weighted by Crippen LogP contribution is 2.24. The van der Waals surface area contributed by atoms with Crippen LogP contribution in [-0.2, 0) is 9.59 Å². The maximum atomic E-state index is 11.2. The van der Waals surface area contributed by atoms with Crippen LogP contribution in [0.1, 0.15) is 38.5 Å². The first kappa shape index (κ1) is 8.44. The zero-order valence-corrected chi connectivity index (χ0v) is 6.71. The maximum absolute atomic E-state index is 11.2. The highest BCUT2D eigenvalue weighted by molar-refractivity contribution is 5.91. The normalized spacial score (nSPS) is 19.6. The van der Waals surface area contributed by atoms with Gasteiger partial charge in [0.05, 0.1) is 6.42 Å². The molecule has 2 heteroatoms. The van der Waals surface area contributed by atoms with Crippen molar-refractivity contribution in [3.8, 4) is 0 Å². The Morgan fingerprint density at radius 1 is 1.27 bits per heavy atom. The van der Waals surface area contributed by atoms with Crippen LogP contribution in [-0.4, -0.2) is 12.1 Å². The molecule has 0 amide bonds. The second-order valence-corrected chi connectivity index (χ2v) is 3.17. The topological polar surface area (TPSA) is 34.1 Å². The van der Waals surface area contributed by atoms with Gasteiger partial charge in [0.25, 0.3) is 0 Å². The molecule has 0 spiro atoms. The van der Waals surface area contributed by atoms with E-state index in [2.05, 4.69) is 0 Å². The summed E-state index contributed by atoms with van der Waals surface area (Å²) in [6, 6.07) is 0. The molecular weight excluding hydrogens is 140 g/mol. The van der Waals surface area contributed by atoms with Gasteiger partial charge < -0.3 is 4.79 Å². The van der Waals surface area contributed by atoms with Gasteiger partial charge in [-0.15, -0.1) is 0 Å². The lowest BCUT2D eigenvalue weighted by atomic mass is 9.85. The molecule has 0 unspecified atom stereocenters. The van der Waals surface area contributed by atoms with Gasteiger partial charge in [0.15, 0.2) is 0 Å². The molecule has 0 atom stereocenters. The number of carbonyl (C=O) groups is 2. The Morgan fingerprint density at radius 3 is 2.45 bits per heavy atom. The van der Waals surface area contributed by atoms with Crippen LogP contribution in [0, 0.1) is 5.92 Å². The van der Waals surface area contributed by atoms with Crippen LogP contribution >= 0.6 is 0 Å². The van der Waals surface area contributed by atoms with E-state index in [9.17, 15) is 9.59 Å². The van der Waals surface area contributed by atoms with E-state index in [0.29, 0.717) is 0 Å². The Kier molecular flexibility index (Phi) is 3.27. The van der Waals surface area contributed by atoms with E-state index in [0.717, 1.165) is 32.0 Å². The molecule has 1 aliphatic rings. The summed E-state index contributed by atoms with van der Waals surface area (Å²) in [5.74, 6) is 0.355. The Labute approximate surface area is 67.0 Å². The number of aldehydes is 1. The summed E-state index contributed by atoms with van der Waals surface area (Å²) in [5, 5.41) is 0. The number of hydrogen-bond acceptors (Lipinski definition) is 2. The summed E-state index contributed by atoms with van der Waals surface area (Å²) in [6.07, 6.45) is 6.44. The van der Waals surface area contributed by atoms with Crippen LogP contribution in [0.4, 0.5) is 0 Å². The second-order valence-electron chi connectivity index (χ2n) is 3.17. The molecule has 11 heavy (non-hydrogen) atoms. The lowest BCUT2D eigenvalue weighted by molar-refractivity contribution is -0.126. The standard InChI is InChI=1S/C9H14O2/c10-7-6-9(11)8-4-2-1-3-5-8/h7-8H,1-6H2. The molecule has 62 valence electrons. The van der Waals surface area contributed by atoms with Crippen LogP contribution < -0.4 is 0 Å². The quantitative estimate of drug-likeness (QED) is 0.458. The molecule has 0 aliphatic heterocycles. The van der Waals surface area contributed by atoms with Gasteiger partial charge in [-0.2, -0.15) is 0 Å². The molecule has 1 aliphatic carbocycles. The lowest BCUT2D eigenvalue weighted by Crippen LogP contribution is -2.17. The van der Waals surface area contributed by atoms with E-state index in [1.807, 2.05) is 0 Å². The van der Waals surface area contributed by atoms with Crippen LogP contribution in [0.25, 0.3) is 0 Å². The highest BCUT2D eigenvalue weighted by atomic mass is 16.1. The number of hydrogen-bond donors (Lipinski definition) is 0. The predicted molar refractivity (Wildman–Crippen MR) is 42.3 cm³/mol. The Hall–Kier alpha value is -0.660. The third-order valence-corrected chi connectivity index (χ3v) is 2.35. The van der Waals surface area contributed by atoms with Gasteiger partial charge in [0, 0.05) is 5.92 Å². The largest absolute Gasteiger partial charge is 0.303 e. The van der Waals surface area contributed by atoms with Gasteiger partial charge in [0.2, 0.25) is 0 Å². The van der Waals surface area contributed by atoms with Crippen molar-refractivity contribution in [3.05, 3.63) is 0 Å². The first-order chi connectivity index (χ1) is 5.34. The Balaban J connectivity index is 2.32. The van der Waals surface area contributed by atoms with E-state index in [-0.39, 0.29) is 18.1 Å². The Bertz CT molecular complexity index is 146. The van der Waals surface area contributed by atoms with Gasteiger partial charge in [-0.25, -0.2) is 0 Å². The molecule has 1 rings (SSSR count). The summed E-state index contributed by atoms with van der Waals surface area (Å²) in [5.41, 5.74) is 0. The molecular formula is C9H14O2. The van der Waals surface area contributed by atoms with Crippen molar-refractivity contribution in [1.82, 2.24) is 0 Å². The predicted octanol–water partition coefficient (Wildman–Crippen LogP) is 1.72. The third-order valence-electron chi connectivity index (χ3n) is 2.35. The second kappa shape index (κ2) is 4.27. The smallest absolute Gasteiger partial charge is 0.143 e. The first-order valence-electron chi connectivity index (χ1n) is 4.31. The zero-order chi connectivity index (χ0) is 8.10. The summed E-state index contributed by atoms with van der Waals surface area (Å²) >= 11 is 0. The molecule has 0 heterocycles. The fraction of sp³-hybridized carbons (Fsp3) is 0.778. The number of ketones is 1. The molecule has 0 N–H and O–H groups in total. The maximum Gasteiger partial charge on any atom is 0.143 e. The van der Waals surface area contributed by atoms with Crippen molar-refractivity contribution in [1.29, 1.82) is 0 Å². The van der Waals surface area contributed by atoms with Crippen LogP contribution in [0.2, 0.25) is 0 Å². The fourth-order valence-corrected chi connectivity index (χ4v) is 1.67. The zero-order valence-electron chi connectivity index (χ0n) is 6.71. The van der Waals surface area contributed by atoms with Crippen molar-refractivity contribution in [2.75, 3.05) is 0 Å². The van der Waals surface area contributed by atoms with Crippen molar-refractivity contribution >= 4 is 12.1 Å². The first-order valence-corrected chi connectivity index (χ1v) is 4.31. The van der Waals surface area contributed by atoms with Crippen molar-refractivity contribution < 1.29 is 9.59 Å². The summed E-state index contributed by atoms with van der Waals surface area (Å²) in [4.78, 5) is 21.2. The SMILES string of the molecule is O=CCC(=O)C1CCCCC1. The van der Waals surface area contributed by atoms with Crippen LogP contribution in [0.5, 0.6) is 0 Å². The lowest BCUT2D eigenvalue weighted by Gasteiger charge is -2.18.